The maximum absolute atomic E-state index is 12.1. The molecule has 6 heteroatoms. The fourth-order valence-electron chi connectivity index (χ4n) is 2.48. The quantitative estimate of drug-likeness (QED) is 0.788. The van der Waals surface area contributed by atoms with E-state index in [1.165, 1.54) is 6.42 Å². The number of nitrogens with one attached hydrogen (secondary N) is 1. The molecular formula is C11H23Cl2N3O. The number of hydrogen-bond donors (Lipinski definition) is 2. The molecule has 0 saturated carbocycles. The molecule has 0 bridgehead atoms. The molecule has 2 atom stereocenters. The van der Waals surface area contributed by atoms with Gasteiger partial charge in [-0.2, -0.15) is 0 Å². The van der Waals surface area contributed by atoms with E-state index in [1.807, 2.05) is 11.8 Å². The van der Waals surface area contributed by atoms with Crippen LogP contribution in [0, 0.1) is 5.92 Å². The minimum absolute atomic E-state index is 0. The fourth-order valence-corrected chi connectivity index (χ4v) is 2.48. The van der Waals surface area contributed by atoms with Gasteiger partial charge in [0.2, 0.25) is 5.91 Å². The molecule has 2 rings (SSSR count). The van der Waals surface area contributed by atoms with E-state index in [0.29, 0.717) is 5.91 Å². The third kappa shape index (κ3) is 3.71. The predicted octanol–water partition coefficient (Wildman–Crippen LogP) is 0.778. The highest BCUT2D eigenvalue weighted by molar-refractivity contribution is 5.85. The van der Waals surface area contributed by atoms with Crippen molar-refractivity contribution in [2.75, 3.05) is 19.6 Å². The minimum Gasteiger partial charge on any atom is -0.338 e. The first-order valence-electron chi connectivity index (χ1n) is 5.97. The lowest BCUT2D eigenvalue weighted by Gasteiger charge is -2.41. The molecule has 2 unspecified atom stereocenters. The molecule has 0 radical (unpaired) electrons. The second kappa shape index (κ2) is 7.41. The SMILES string of the molecule is CC(N)C1CCCCN1C(=O)C1CNC1.Cl.Cl. The van der Waals surface area contributed by atoms with E-state index < -0.39 is 0 Å². The van der Waals surface area contributed by atoms with Crippen LogP contribution in [0.1, 0.15) is 26.2 Å². The predicted molar refractivity (Wildman–Crippen MR) is 73.9 cm³/mol. The number of rotatable bonds is 2. The number of carbonyl (C=O) groups is 1. The number of amides is 1. The average molecular weight is 284 g/mol. The summed E-state index contributed by atoms with van der Waals surface area (Å²) in [5, 5.41) is 3.15. The summed E-state index contributed by atoms with van der Waals surface area (Å²) < 4.78 is 0. The summed E-state index contributed by atoms with van der Waals surface area (Å²) in [5.74, 6) is 0.528. The summed E-state index contributed by atoms with van der Waals surface area (Å²) in [6.45, 7) is 4.61. The number of nitrogens with zero attached hydrogens (tertiary/aromatic N) is 1. The number of halogens is 2. The van der Waals surface area contributed by atoms with Gasteiger partial charge in [0.25, 0.3) is 0 Å². The molecule has 2 fully saturated rings. The van der Waals surface area contributed by atoms with Crippen molar-refractivity contribution in [1.29, 1.82) is 0 Å². The highest BCUT2D eigenvalue weighted by Gasteiger charge is 2.35. The fraction of sp³-hybridized carbons (Fsp3) is 0.909. The lowest BCUT2D eigenvalue weighted by molar-refractivity contribution is -0.141. The van der Waals surface area contributed by atoms with Gasteiger partial charge < -0.3 is 16.0 Å². The van der Waals surface area contributed by atoms with Crippen molar-refractivity contribution in [2.24, 2.45) is 11.7 Å². The second-order valence-electron chi connectivity index (χ2n) is 4.81. The van der Waals surface area contributed by atoms with E-state index in [-0.39, 0.29) is 42.8 Å². The van der Waals surface area contributed by atoms with Crippen LogP contribution >= 0.6 is 24.8 Å². The van der Waals surface area contributed by atoms with Crippen LogP contribution in [0.25, 0.3) is 0 Å². The summed E-state index contributed by atoms with van der Waals surface area (Å²) in [4.78, 5) is 14.2. The van der Waals surface area contributed by atoms with Gasteiger partial charge in [0.05, 0.1) is 5.92 Å². The summed E-state index contributed by atoms with van der Waals surface area (Å²) in [5.41, 5.74) is 5.95. The van der Waals surface area contributed by atoms with Crippen LogP contribution in [-0.4, -0.2) is 42.5 Å². The van der Waals surface area contributed by atoms with Crippen molar-refractivity contribution >= 4 is 30.7 Å². The highest BCUT2D eigenvalue weighted by Crippen LogP contribution is 2.22. The van der Waals surface area contributed by atoms with Gasteiger partial charge in [0.1, 0.15) is 0 Å². The van der Waals surface area contributed by atoms with E-state index in [9.17, 15) is 4.79 Å². The summed E-state index contributed by atoms with van der Waals surface area (Å²) in [6.07, 6.45) is 3.41. The molecule has 2 heterocycles. The molecule has 1 amide bonds. The zero-order valence-electron chi connectivity index (χ0n) is 10.2. The van der Waals surface area contributed by atoms with Gasteiger partial charge in [-0.3, -0.25) is 4.79 Å². The first-order chi connectivity index (χ1) is 7.20. The number of hydrogen-bond acceptors (Lipinski definition) is 3. The van der Waals surface area contributed by atoms with Crippen LogP contribution in [0.3, 0.4) is 0 Å². The molecule has 2 saturated heterocycles. The van der Waals surface area contributed by atoms with Gasteiger partial charge in [-0.1, -0.05) is 0 Å². The number of likely N-dealkylation sites (tertiary alicyclic amines) is 1. The van der Waals surface area contributed by atoms with E-state index in [4.69, 9.17) is 5.73 Å². The van der Waals surface area contributed by atoms with Crippen LogP contribution in [0.2, 0.25) is 0 Å². The normalized spacial score (nSPS) is 26.2. The lowest BCUT2D eigenvalue weighted by atomic mass is 9.93. The van der Waals surface area contributed by atoms with E-state index in [2.05, 4.69) is 5.32 Å². The first kappa shape index (κ1) is 17.0. The third-order valence-electron chi connectivity index (χ3n) is 3.57. The summed E-state index contributed by atoms with van der Waals surface area (Å²) in [6, 6.07) is 0.370. The van der Waals surface area contributed by atoms with Gasteiger partial charge in [-0.15, -0.1) is 24.8 Å². The van der Waals surface area contributed by atoms with Gasteiger partial charge in [-0.05, 0) is 26.2 Å². The number of carbonyl (C=O) groups excluding carboxylic acids is 1. The van der Waals surface area contributed by atoms with Crippen LogP contribution in [0.5, 0.6) is 0 Å². The smallest absolute Gasteiger partial charge is 0.228 e. The van der Waals surface area contributed by atoms with Crippen molar-refractivity contribution in [3.8, 4) is 0 Å². The van der Waals surface area contributed by atoms with Crippen LogP contribution < -0.4 is 11.1 Å². The maximum Gasteiger partial charge on any atom is 0.228 e. The Hall–Kier alpha value is -0.0300. The Morgan fingerprint density at radius 1 is 1.35 bits per heavy atom. The van der Waals surface area contributed by atoms with Crippen LogP contribution in [0.15, 0.2) is 0 Å². The highest BCUT2D eigenvalue weighted by atomic mass is 35.5. The Morgan fingerprint density at radius 3 is 2.47 bits per heavy atom. The van der Waals surface area contributed by atoms with Gasteiger partial charge >= 0.3 is 0 Å². The zero-order valence-corrected chi connectivity index (χ0v) is 11.9. The Bertz CT molecular complexity index is 247. The molecule has 3 N–H and O–H groups in total. The molecule has 4 nitrogen and oxygen atoms in total. The molecule has 17 heavy (non-hydrogen) atoms. The molecule has 102 valence electrons. The lowest BCUT2D eigenvalue weighted by Crippen LogP contribution is -2.58. The summed E-state index contributed by atoms with van der Waals surface area (Å²) in [7, 11) is 0. The second-order valence-corrected chi connectivity index (χ2v) is 4.81. The van der Waals surface area contributed by atoms with Gasteiger partial charge in [-0.25, -0.2) is 0 Å². The molecular weight excluding hydrogens is 261 g/mol. The Labute approximate surface area is 115 Å². The largest absolute Gasteiger partial charge is 0.338 e. The van der Waals surface area contributed by atoms with Crippen LogP contribution in [-0.2, 0) is 4.79 Å². The molecule has 0 aromatic rings. The Morgan fingerprint density at radius 2 is 2.00 bits per heavy atom. The van der Waals surface area contributed by atoms with Gasteiger partial charge in [0.15, 0.2) is 0 Å². The van der Waals surface area contributed by atoms with Gasteiger partial charge in [0, 0.05) is 31.7 Å². The Kier molecular flexibility index (Phi) is 7.40. The number of piperidine rings is 1. The average Bonchev–Trinajstić information content (AvgIpc) is 2.15. The molecule has 0 aromatic heterocycles. The third-order valence-corrected chi connectivity index (χ3v) is 3.57. The zero-order chi connectivity index (χ0) is 10.8. The van der Waals surface area contributed by atoms with Crippen molar-refractivity contribution < 1.29 is 4.79 Å². The Balaban J connectivity index is 0.00000128. The number of nitrogens with two attached hydrogens (primary N) is 1. The topological polar surface area (TPSA) is 58.4 Å². The van der Waals surface area contributed by atoms with Crippen LogP contribution in [0.4, 0.5) is 0 Å². The van der Waals surface area contributed by atoms with Crippen molar-refractivity contribution in [3.63, 3.8) is 0 Å². The summed E-state index contributed by atoms with van der Waals surface area (Å²) >= 11 is 0. The maximum atomic E-state index is 12.1. The molecule has 0 aliphatic carbocycles. The standard InChI is InChI=1S/C11H21N3O.2ClH/c1-8(12)10-4-2-3-5-14(10)11(15)9-6-13-7-9;;/h8-10,13H,2-7,12H2,1H3;2*1H. The molecule has 0 aromatic carbocycles. The minimum atomic E-state index is 0. The monoisotopic (exact) mass is 283 g/mol. The van der Waals surface area contributed by atoms with Crippen molar-refractivity contribution in [2.45, 2.75) is 38.3 Å². The van der Waals surface area contributed by atoms with Crippen molar-refractivity contribution in [3.05, 3.63) is 0 Å². The van der Waals surface area contributed by atoms with E-state index >= 15 is 0 Å². The van der Waals surface area contributed by atoms with E-state index in [1.54, 1.807) is 0 Å². The van der Waals surface area contributed by atoms with Crippen molar-refractivity contribution in [1.82, 2.24) is 10.2 Å². The molecule has 2 aliphatic rings. The molecule has 2 aliphatic heterocycles. The first-order valence-corrected chi connectivity index (χ1v) is 5.97. The van der Waals surface area contributed by atoms with E-state index in [0.717, 1.165) is 32.5 Å². The molecule has 0 spiro atoms.